The van der Waals surface area contributed by atoms with Crippen molar-refractivity contribution in [3.63, 3.8) is 0 Å². The van der Waals surface area contributed by atoms with Gasteiger partial charge in [0.2, 0.25) is 5.95 Å². The molecule has 18 heavy (non-hydrogen) atoms. The van der Waals surface area contributed by atoms with Gasteiger partial charge < -0.3 is 10.3 Å². The zero-order chi connectivity index (χ0) is 12.5. The van der Waals surface area contributed by atoms with Gasteiger partial charge in [-0.3, -0.25) is 0 Å². The third kappa shape index (κ3) is 1.66. The van der Waals surface area contributed by atoms with Crippen LogP contribution in [0.25, 0.3) is 17.1 Å². The second kappa shape index (κ2) is 4.03. The minimum Gasteiger partial charge on any atom is -0.398 e. The van der Waals surface area contributed by atoms with Gasteiger partial charge in [-0.1, -0.05) is 18.2 Å². The van der Waals surface area contributed by atoms with Crippen LogP contribution in [-0.2, 0) is 7.05 Å². The first-order valence-corrected chi connectivity index (χ1v) is 5.63. The quantitative estimate of drug-likeness (QED) is 0.694. The van der Waals surface area contributed by atoms with Crippen molar-refractivity contribution in [2.75, 3.05) is 5.73 Å². The highest BCUT2D eigenvalue weighted by Crippen LogP contribution is 2.25. The van der Waals surface area contributed by atoms with E-state index in [1.54, 1.807) is 17.1 Å². The summed E-state index contributed by atoms with van der Waals surface area (Å²) >= 11 is 0. The van der Waals surface area contributed by atoms with Crippen molar-refractivity contribution in [1.29, 1.82) is 0 Å². The summed E-state index contributed by atoms with van der Waals surface area (Å²) in [6.45, 7) is 0. The van der Waals surface area contributed by atoms with E-state index in [1.807, 2.05) is 48.3 Å². The Hall–Kier alpha value is -2.56. The summed E-state index contributed by atoms with van der Waals surface area (Å²) < 4.78 is 3.65. The Bertz CT molecular complexity index is 680. The lowest BCUT2D eigenvalue weighted by Crippen LogP contribution is -2.02. The summed E-state index contributed by atoms with van der Waals surface area (Å²) in [5.74, 6) is 0.774. The van der Waals surface area contributed by atoms with E-state index in [9.17, 15) is 0 Å². The lowest BCUT2D eigenvalue weighted by atomic mass is 10.1. The Kier molecular flexibility index (Phi) is 2.37. The van der Waals surface area contributed by atoms with Crippen LogP contribution < -0.4 is 5.73 Å². The maximum Gasteiger partial charge on any atom is 0.230 e. The molecule has 0 amide bonds. The maximum absolute atomic E-state index is 5.95. The number of hydrogen-bond donors (Lipinski definition) is 1. The standard InChI is InChI=1S/C13H13N5/c1-17-7-6-15-13(17)18-9-10(8-16-18)11-4-2-3-5-12(11)14/h2-9H,14H2,1H3. The van der Waals surface area contributed by atoms with Crippen LogP contribution in [0, 0.1) is 0 Å². The second-order valence-corrected chi connectivity index (χ2v) is 4.10. The normalized spacial score (nSPS) is 10.7. The number of rotatable bonds is 2. The number of imidazole rings is 1. The molecular formula is C13H13N5. The molecule has 5 heteroatoms. The Labute approximate surface area is 104 Å². The van der Waals surface area contributed by atoms with Crippen molar-refractivity contribution in [1.82, 2.24) is 19.3 Å². The fourth-order valence-corrected chi connectivity index (χ4v) is 1.91. The molecule has 2 N–H and O–H groups in total. The highest BCUT2D eigenvalue weighted by molar-refractivity contribution is 5.75. The maximum atomic E-state index is 5.95. The van der Waals surface area contributed by atoms with Crippen molar-refractivity contribution in [3.8, 4) is 17.1 Å². The molecule has 1 aromatic carbocycles. The zero-order valence-corrected chi connectivity index (χ0v) is 9.99. The fourth-order valence-electron chi connectivity index (χ4n) is 1.91. The summed E-state index contributed by atoms with van der Waals surface area (Å²) in [5.41, 5.74) is 8.67. The minimum absolute atomic E-state index is 0.747. The third-order valence-corrected chi connectivity index (χ3v) is 2.86. The molecule has 0 saturated heterocycles. The van der Waals surface area contributed by atoms with E-state index in [0.29, 0.717) is 0 Å². The van der Waals surface area contributed by atoms with Crippen LogP contribution in [0.3, 0.4) is 0 Å². The van der Waals surface area contributed by atoms with Crippen LogP contribution in [0.4, 0.5) is 5.69 Å². The average Bonchev–Trinajstić information content (AvgIpc) is 2.98. The molecule has 0 aliphatic rings. The molecule has 0 fully saturated rings. The molecule has 5 nitrogen and oxygen atoms in total. The number of hydrogen-bond acceptors (Lipinski definition) is 3. The van der Waals surface area contributed by atoms with Crippen molar-refractivity contribution in [2.24, 2.45) is 7.05 Å². The Morgan fingerprint density at radius 1 is 1.22 bits per heavy atom. The number of aromatic nitrogens is 4. The SMILES string of the molecule is Cn1ccnc1-n1cc(-c2ccccc2N)cn1. The van der Waals surface area contributed by atoms with Crippen LogP contribution in [0.15, 0.2) is 49.1 Å². The molecule has 90 valence electrons. The predicted molar refractivity (Wildman–Crippen MR) is 70.2 cm³/mol. The Morgan fingerprint density at radius 2 is 2.06 bits per heavy atom. The Morgan fingerprint density at radius 3 is 2.78 bits per heavy atom. The summed E-state index contributed by atoms with van der Waals surface area (Å²) in [4.78, 5) is 4.25. The van der Waals surface area contributed by atoms with Crippen molar-refractivity contribution in [2.45, 2.75) is 0 Å². The average molecular weight is 239 g/mol. The van der Waals surface area contributed by atoms with Gasteiger partial charge in [-0.25, -0.2) is 9.67 Å². The molecule has 0 atom stereocenters. The van der Waals surface area contributed by atoms with Gasteiger partial charge in [0.15, 0.2) is 0 Å². The van der Waals surface area contributed by atoms with Crippen LogP contribution in [0.5, 0.6) is 0 Å². The number of benzene rings is 1. The van der Waals surface area contributed by atoms with E-state index in [0.717, 1.165) is 22.8 Å². The highest BCUT2D eigenvalue weighted by atomic mass is 15.4. The van der Waals surface area contributed by atoms with E-state index >= 15 is 0 Å². The van der Waals surface area contributed by atoms with Gasteiger partial charge in [-0.15, -0.1) is 0 Å². The van der Waals surface area contributed by atoms with Gasteiger partial charge in [-0.05, 0) is 6.07 Å². The molecule has 3 aromatic rings. The molecule has 0 saturated carbocycles. The number of para-hydroxylation sites is 1. The number of nitrogens with zero attached hydrogens (tertiary/aromatic N) is 4. The van der Waals surface area contributed by atoms with Gasteiger partial charge in [0.05, 0.1) is 6.20 Å². The van der Waals surface area contributed by atoms with Gasteiger partial charge in [0, 0.05) is 42.5 Å². The van der Waals surface area contributed by atoms with Crippen molar-refractivity contribution >= 4 is 5.69 Å². The van der Waals surface area contributed by atoms with Crippen LogP contribution in [0.1, 0.15) is 0 Å². The number of nitrogens with two attached hydrogens (primary N) is 1. The summed E-state index contributed by atoms with van der Waals surface area (Å²) in [7, 11) is 1.93. The van der Waals surface area contributed by atoms with Gasteiger partial charge in [0.25, 0.3) is 0 Å². The minimum atomic E-state index is 0.747. The summed E-state index contributed by atoms with van der Waals surface area (Å²) in [5, 5.41) is 4.31. The molecule has 0 spiro atoms. The van der Waals surface area contributed by atoms with Crippen LogP contribution in [0.2, 0.25) is 0 Å². The molecule has 2 heterocycles. The Balaban J connectivity index is 2.05. The second-order valence-electron chi connectivity index (χ2n) is 4.10. The van der Waals surface area contributed by atoms with Crippen molar-refractivity contribution in [3.05, 3.63) is 49.1 Å². The van der Waals surface area contributed by atoms with Crippen LogP contribution >= 0.6 is 0 Å². The molecule has 3 rings (SSSR count). The van der Waals surface area contributed by atoms with Gasteiger partial charge >= 0.3 is 0 Å². The number of nitrogen functional groups attached to an aromatic ring is 1. The molecule has 0 unspecified atom stereocenters. The molecule has 0 radical (unpaired) electrons. The monoisotopic (exact) mass is 239 g/mol. The number of anilines is 1. The lowest BCUT2D eigenvalue weighted by Gasteiger charge is -2.02. The molecule has 0 bridgehead atoms. The molecule has 0 aliphatic heterocycles. The lowest BCUT2D eigenvalue weighted by molar-refractivity contribution is 0.750. The molecule has 0 aliphatic carbocycles. The van der Waals surface area contributed by atoms with Gasteiger partial charge in [-0.2, -0.15) is 5.10 Å². The summed E-state index contributed by atoms with van der Waals surface area (Å²) in [6, 6.07) is 7.74. The topological polar surface area (TPSA) is 61.7 Å². The van der Waals surface area contributed by atoms with E-state index in [-0.39, 0.29) is 0 Å². The van der Waals surface area contributed by atoms with Crippen LogP contribution in [-0.4, -0.2) is 19.3 Å². The first kappa shape index (κ1) is 10.6. The van der Waals surface area contributed by atoms with Crippen molar-refractivity contribution < 1.29 is 0 Å². The van der Waals surface area contributed by atoms with E-state index in [4.69, 9.17) is 5.73 Å². The first-order chi connectivity index (χ1) is 8.75. The fraction of sp³-hybridized carbons (Fsp3) is 0.0769. The van der Waals surface area contributed by atoms with E-state index in [1.165, 1.54) is 0 Å². The number of aryl methyl sites for hydroxylation is 1. The smallest absolute Gasteiger partial charge is 0.230 e. The van der Waals surface area contributed by atoms with Gasteiger partial charge in [0.1, 0.15) is 0 Å². The van der Waals surface area contributed by atoms with E-state index in [2.05, 4.69) is 10.1 Å². The van der Waals surface area contributed by atoms with E-state index < -0.39 is 0 Å². The third-order valence-electron chi connectivity index (χ3n) is 2.86. The highest BCUT2D eigenvalue weighted by Gasteiger charge is 2.08. The molecular weight excluding hydrogens is 226 g/mol. The predicted octanol–water partition coefficient (Wildman–Crippen LogP) is 1.85. The zero-order valence-electron chi connectivity index (χ0n) is 9.99. The summed E-state index contributed by atoms with van der Waals surface area (Å²) in [6.07, 6.45) is 7.34. The first-order valence-electron chi connectivity index (χ1n) is 5.63. The largest absolute Gasteiger partial charge is 0.398 e. The molecule has 2 aromatic heterocycles.